The first kappa shape index (κ1) is 25.4. The molecule has 4 aromatic rings. The van der Waals surface area contributed by atoms with Crippen LogP contribution in [0.1, 0.15) is 40.6 Å². The van der Waals surface area contributed by atoms with Gasteiger partial charge in [-0.25, -0.2) is 0 Å². The van der Waals surface area contributed by atoms with Crippen molar-refractivity contribution in [2.24, 2.45) is 0 Å². The number of benzene rings is 4. The summed E-state index contributed by atoms with van der Waals surface area (Å²) in [6, 6.07) is 30.6. The fourth-order valence-corrected chi connectivity index (χ4v) is 20.4. The van der Waals surface area contributed by atoms with E-state index in [2.05, 4.69) is 129 Å². The molecule has 2 unspecified atom stereocenters. The molecule has 0 radical (unpaired) electrons. The molecule has 2 nitrogen and oxygen atoms in total. The van der Waals surface area contributed by atoms with Gasteiger partial charge in [-0.2, -0.15) is 0 Å². The number of hydrogen-bond acceptors (Lipinski definition) is 3. The van der Waals surface area contributed by atoms with Crippen molar-refractivity contribution in [3.63, 3.8) is 0 Å². The maximum atomic E-state index is 6.90. The number of hydrogen-bond donors (Lipinski definition) is 0. The Balaban J connectivity index is 1.61. The quantitative estimate of drug-likeness (QED) is 0.209. The first-order chi connectivity index (χ1) is 18.6. The van der Waals surface area contributed by atoms with E-state index in [-0.39, 0.29) is 7.25 Å². The molecule has 4 aliphatic rings. The first-order valence-corrected chi connectivity index (χ1v) is 19.8. The summed E-state index contributed by atoms with van der Waals surface area (Å²) in [6.07, 6.45) is 4.78. The maximum absolute atomic E-state index is 6.90. The molecule has 2 aliphatic heterocycles. The average molecular weight is 724 g/mol. The molecule has 8 bridgehead atoms. The molecular weight excluding hydrogens is 699 g/mol. The summed E-state index contributed by atoms with van der Waals surface area (Å²) >= 11 is 5.60. The molecule has 4 aromatic carbocycles. The summed E-state index contributed by atoms with van der Waals surface area (Å²) in [5, 5.41) is 0. The fraction of sp³-hybridized carbons (Fsp3) is 0.125. The second-order valence-corrected chi connectivity index (χ2v) is 21.0. The van der Waals surface area contributed by atoms with E-state index in [4.69, 9.17) is 5.63 Å². The Morgan fingerprint density at radius 3 is 1.92 bits per heavy atom. The predicted octanol–water partition coefficient (Wildman–Crippen LogP) is 9.84. The van der Waals surface area contributed by atoms with Crippen LogP contribution in [-0.4, -0.2) is 14.2 Å². The van der Waals surface area contributed by atoms with E-state index in [1.165, 1.54) is 54.3 Å². The van der Waals surface area contributed by atoms with Crippen LogP contribution in [0.3, 0.4) is 0 Å². The molecule has 0 amide bonds. The van der Waals surface area contributed by atoms with Crippen LogP contribution >= 0.6 is 43.6 Å². The fourth-order valence-electron chi connectivity index (χ4n) is 6.46. The molecule has 188 valence electrons. The minimum atomic E-state index is -4.22. The van der Waals surface area contributed by atoms with E-state index in [0.717, 1.165) is 8.95 Å². The van der Waals surface area contributed by atoms with Gasteiger partial charge in [-0.3, -0.25) is 0 Å². The summed E-state index contributed by atoms with van der Waals surface area (Å²) in [7, 11) is 3.77. The van der Waals surface area contributed by atoms with Crippen LogP contribution in [0.25, 0.3) is 23.3 Å². The van der Waals surface area contributed by atoms with Crippen molar-refractivity contribution in [1.82, 2.24) is 0 Å². The van der Waals surface area contributed by atoms with E-state index < -0.39 is 21.1 Å². The molecule has 0 spiro atoms. The summed E-state index contributed by atoms with van der Waals surface area (Å²) in [4.78, 5) is 2.48. The molecule has 38 heavy (non-hydrogen) atoms. The van der Waals surface area contributed by atoms with Gasteiger partial charge in [0.2, 0.25) is 0 Å². The van der Waals surface area contributed by atoms with E-state index in [1.807, 2.05) is 26.0 Å². The van der Waals surface area contributed by atoms with Gasteiger partial charge in [-0.1, -0.05) is 0 Å². The van der Waals surface area contributed by atoms with Crippen LogP contribution in [0, 0.1) is 0 Å². The van der Waals surface area contributed by atoms with Crippen molar-refractivity contribution in [3.05, 3.63) is 127 Å². The Kier molecular flexibility index (Phi) is 6.58. The molecule has 0 saturated heterocycles. The van der Waals surface area contributed by atoms with Crippen molar-refractivity contribution >= 4 is 66.9 Å². The van der Waals surface area contributed by atoms with E-state index in [9.17, 15) is 0 Å². The third kappa shape index (κ3) is 3.75. The monoisotopic (exact) mass is 720 g/mol. The molecule has 2 aliphatic carbocycles. The van der Waals surface area contributed by atoms with Gasteiger partial charge in [0.15, 0.2) is 0 Å². The molecule has 2 heterocycles. The number of rotatable bonds is 4. The second kappa shape index (κ2) is 9.83. The Labute approximate surface area is 250 Å². The third-order valence-corrected chi connectivity index (χ3v) is 20.5. The summed E-state index contributed by atoms with van der Waals surface area (Å²) in [5.41, 5.74) is 10.1. The van der Waals surface area contributed by atoms with E-state index >= 15 is 0 Å². The Morgan fingerprint density at radius 2 is 1.29 bits per heavy atom. The zero-order valence-corrected chi connectivity index (χ0v) is 27.3. The number of allylic oxidation sites excluding steroid dienone is 2. The Hall–Kier alpha value is -1.53. The van der Waals surface area contributed by atoms with Crippen LogP contribution in [0.4, 0.5) is 0 Å². The average Bonchev–Trinajstić information content (AvgIpc) is 3.54. The zero-order chi connectivity index (χ0) is 26.0. The van der Waals surface area contributed by atoms with Gasteiger partial charge < -0.3 is 0 Å². The molecule has 6 heteroatoms. The van der Waals surface area contributed by atoms with Crippen molar-refractivity contribution in [2.75, 3.05) is 14.2 Å². The summed E-state index contributed by atoms with van der Waals surface area (Å²) in [6.45, 7) is 0. The second-order valence-electron chi connectivity index (χ2n) is 9.81. The molecular formula is C32H24Br2O2SZr. The predicted molar refractivity (Wildman–Crippen MR) is 161 cm³/mol. The summed E-state index contributed by atoms with van der Waals surface area (Å²) in [5.74, 6) is 0. The standard InChI is InChI=1S/C30H18Br2S.2CH3O.Zr/c31-28-11-12-30(27-17-22(16-26(27)28)20-9-5-2-6-10-20)33-24-14-23-13-21(15-25(23)29(32)18-24)19-7-3-1-4-8-19;2*1-2;/h1-18H;2*1H3;/q;2*-1;+2. The molecule has 8 rings (SSSR count). The molecule has 0 saturated carbocycles. The number of halogens is 2. The van der Waals surface area contributed by atoms with E-state index in [0.29, 0.717) is 0 Å². The number of fused-ring (bicyclic) bond motifs is 1. The van der Waals surface area contributed by atoms with Gasteiger partial charge in [0.1, 0.15) is 0 Å². The third-order valence-electron chi connectivity index (χ3n) is 8.02. The Morgan fingerprint density at radius 1 is 0.684 bits per heavy atom. The van der Waals surface area contributed by atoms with Gasteiger partial charge in [0.05, 0.1) is 0 Å². The first-order valence-electron chi connectivity index (χ1n) is 12.5. The Bertz CT molecular complexity index is 1650. The van der Waals surface area contributed by atoms with Gasteiger partial charge in [-0.15, -0.1) is 0 Å². The molecule has 2 atom stereocenters. The van der Waals surface area contributed by atoms with Crippen molar-refractivity contribution in [2.45, 2.75) is 17.0 Å². The van der Waals surface area contributed by atoms with Gasteiger partial charge in [-0.05, 0) is 0 Å². The molecule has 0 fully saturated rings. The van der Waals surface area contributed by atoms with Crippen LogP contribution in [0.2, 0.25) is 0 Å². The minimum absolute atomic E-state index is 0.0260. The van der Waals surface area contributed by atoms with Gasteiger partial charge >= 0.3 is 252 Å². The SMILES string of the molecule is C[O][Zr]1([O]C)[CH]2C(c3ccccc3)=Cc3cc(cc(Br)c32)Sc2ccc(Br)c3c2C=C(c2ccccc2)[CH]31. The van der Waals surface area contributed by atoms with Crippen molar-refractivity contribution < 1.29 is 26.8 Å². The van der Waals surface area contributed by atoms with Crippen LogP contribution in [0.5, 0.6) is 0 Å². The molecule has 0 N–H and O–H groups in total. The van der Waals surface area contributed by atoms with Gasteiger partial charge in [0, 0.05) is 0 Å². The molecule has 0 aromatic heterocycles. The van der Waals surface area contributed by atoms with Crippen LogP contribution in [-0.2, 0) is 26.8 Å². The summed E-state index contributed by atoms with van der Waals surface area (Å²) < 4.78 is 16.1. The van der Waals surface area contributed by atoms with Crippen molar-refractivity contribution in [3.8, 4) is 0 Å². The normalized spacial score (nSPS) is 20.2. The van der Waals surface area contributed by atoms with Crippen molar-refractivity contribution in [1.29, 1.82) is 0 Å². The van der Waals surface area contributed by atoms with E-state index in [1.54, 1.807) is 0 Å². The zero-order valence-electron chi connectivity index (χ0n) is 20.9. The van der Waals surface area contributed by atoms with Crippen LogP contribution < -0.4 is 0 Å². The van der Waals surface area contributed by atoms with Gasteiger partial charge in [0.25, 0.3) is 0 Å². The van der Waals surface area contributed by atoms with Crippen LogP contribution in [0.15, 0.2) is 104 Å². The topological polar surface area (TPSA) is 18.5 Å².